The molecule has 2 rings (SSSR count). The van der Waals surface area contributed by atoms with E-state index in [0.717, 1.165) is 52.1 Å². The van der Waals surface area contributed by atoms with Crippen molar-refractivity contribution in [3.05, 3.63) is 0 Å². The second-order valence-corrected chi connectivity index (χ2v) is 6.45. The zero-order chi connectivity index (χ0) is 13.2. The Labute approximate surface area is 111 Å². The summed E-state index contributed by atoms with van der Waals surface area (Å²) in [6.07, 6.45) is 2.26. The number of carbonyl (C=O) groups excluding carboxylic acids is 1. The molecule has 0 bridgehead atoms. The van der Waals surface area contributed by atoms with E-state index in [2.05, 4.69) is 35.9 Å². The Morgan fingerprint density at radius 3 is 2.22 bits per heavy atom. The molecule has 2 heterocycles. The molecule has 2 fully saturated rings. The van der Waals surface area contributed by atoms with Crippen LogP contribution in [0.15, 0.2) is 0 Å². The van der Waals surface area contributed by atoms with E-state index in [-0.39, 0.29) is 6.04 Å². The zero-order valence-corrected chi connectivity index (χ0v) is 12.0. The van der Waals surface area contributed by atoms with Crippen molar-refractivity contribution in [2.75, 3.05) is 39.3 Å². The number of rotatable bonds is 2. The lowest BCUT2D eigenvalue weighted by molar-refractivity contribution is -0.138. The molecule has 1 unspecified atom stereocenters. The first-order valence-electron chi connectivity index (χ1n) is 7.23. The summed E-state index contributed by atoms with van der Waals surface area (Å²) in [6.45, 7) is 12.5. The highest BCUT2D eigenvalue weighted by Gasteiger charge is 2.32. The fourth-order valence-electron chi connectivity index (χ4n) is 2.82. The van der Waals surface area contributed by atoms with Gasteiger partial charge in [-0.1, -0.05) is 13.8 Å². The van der Waals surface area contributed by atoms with Crippen LogP contribution in [0.2, 0.25) is 0 Å². The molecule has 1 atom stereocenters. The molecule has 2 aliphatic heterocycles. The SMILES string of the molecule is CC(C(=O)N1CCC(C)(C)CC1)N1CCNCC1. The average molecular weight is 253 g/mol. The number of piperazine rings is 1. The predicted molar refractivity (Wildman–Crippen MR) is 73.5 cm³/mol. The third kappa shape index (κ3) is 3.23. The summed E-state index contributed by atoms with van der Waals surface area (Å²) in [6, 6.07) is 0.0494. The van der Waals surface area contributed by atoms with Gasteiger partial charge in [-0.25, -0.2) is 0 Å². The molecular formula is C14H27N3O. The van der Waals surface area contributed by atoms with Crippen molar-refractivity contribution in [3.63, 3.8) is 0 Å². The van der Waals surface area contributed by atoms with Crippen LogP contribution in [-0.4, -0.2) is 61.0 Å². The average Bonchev–Trinajstić information content (AvgIpc) is 2.38. The van der Waals surface area contributed by atoms with Crippen LogP contribution < -0.4 is 5.32 Å². The maximum Gasteiger partial charge on any atom is 0.239 e. The summed E-state index contributed by atoms with van der Waals surface area (Å²) in [5.74, 6) is 0.326. The van der Waals surface area contributed by atoms with Crippen LogP contribution >= 0.6 is 0 Å². The smallest absolute Gasteiger partial charge is 0.239 e. The fraction of sp³-hybridized carbons (Fsp3) is 0.929. The van der Waals surface area contributed by atoms with Crippen LogP contribution in [0.3, 0.4) is 0 Å². The molecule has 1 N–H and O–H groups in total. The van der Waals surface area contributed by atoms with Gasteiger partial charge in [0.25, 0.3) is 0 Å². The van der Waals surface area contributed by atoms with Crippen molar-refractivity contribution in [1.82, 2.24) is 15.1 Å². The van der Waals surface area contributed by atoms with Gasteiger partial charge in [-0.05, 0) is 25.2 Å². The van der Waals surface area contributed by atoms with Gasteiger partial charge in [0.2, 0.25) is 5.91 Å². The first kappa shape index (κ1) is 13.8. The van der Waals surface area contributed by atoms with Crippen molar-refractivity contribution in [3.8, 4) is 0 Å². The van der Waals surface area contributed by atoms with Gasteiger partial charge in [0.1, 0.15) is 0 Å². The highest BCUT2D eigenvalue weighted by atomic mass is 16.2. The third-order valence-electron chi connectivity index (χ3n) is 4.49. The minimum absolute atomic E-state index is 0.0494. The van der Waals surface area contributed by atoms with Crippen LogP contribution in [0.25, 0.3) is 0 Å². The number of hydrogen-bond donors (Lipinski definition) is 1. The highest BCUT2D eigenvalue weighted by molar-refractivity contribution is 5.81. The minimum Gasteiger partial charge on any atom is -0.341 e. The number of carbonyl (C=O) groups is 1. The van der Waals surface area contributed by atoms with E-state index in [1.807, 2.05) is 0 Å². The minimum atomic E-state index is 0.0494. The third-order valence-corrected chi connectivity index (χ3v) is 4.49. The van der Waals surface area contributed by atoms with Crippen molar-refractivity contribution in [2.45, 2.75) is 39.7 Å². The lowest BCUT2D eigenvalue weighted by atomic mass is 9.82. The summed E-state index contributed by atoms with van der Waals surface area (Å²) in [4.78, 5) is 16.8. The number of nitrogens with zero attached hydrogens (tertiary/aromatic N) is 2. The van der Waals surface area contributed by atoms with Crippen molar-refractivity contribution < 1.29 is 4.79 Å². The quantitative estimate of drug-likeness (QED) is 0.795. The van der Waals surface area contributed by atoms with Crippen LogP contribution in [-0.2, 0) is 4.79 Å². The second-order valence-electron chi connectivity index (χ2n) is 6.45. The van der Waals surface area contributed by atoms with Gasteiger partial charge in [-0.15, -0.1) is 0 Å². The number of nitrogens with one attached hydrogen (secondary N) is 1. The Bertz CT molecular complexity index is 287. The molecule has 104 valence electrons. The summed E-state index contributed by atoms with van der Waals surface area (Å²) < 4.78 is 0. The molecule has 0 aromatic heterocycles. The van der Waals surface area contributed by atoms with Crippen molar-refractivity contribution in [1.29, 1.82) is 0 Å². The Kier molecular flexibility index (Phi) is 4.28. The van der Waals surface area contributed by atoms with E-state index in [4.69, 9.17) is 0 Å². The Morgan fingerprint density at radius 1 is 1.11 bits per heavy atom. The van der Waals surface area contributed by atoms with Gasteiger partial charge in [0, 0.05) is 39.3 Å². The summed E-state index contributed by atoms with van der Waals surface area (Å²) in [5.41, 5.74) is 0.412. The van der Waals surface area contributed by atoms with Gasteiger partial charge in [-0.2, -0.15) is 0 Å². The van der Waals surface area contributed by atoms with Crippen LogP contribution in [0, 0.1) is 5.41 Å². The molecule has 0 aromatic carbocycles. The molecule has 0 saturated carbocycles. The molecule has 0 spiro atoms. The van der Waals surface area contributed by atoms with E-state index >= 15 is 0 Å². The molecule has 0 aliphatic carbocycles. The number of likely N-dealkylation sites (tertiary alicyclic amines) is 1. The maximum atomic E-state index is 12.5. The van der Waals surface area contributed by atoms with E-state index in [9.17, 15) is 4.79 Å². The standard InChI is InChI=1S/C14H27N3O/c1-12(16-10-6-15-7-11-16)13(18)17-8-4-14(2,3)5-9-17/h12,15H,4-11H2,1-3H3. The van der Waals surface area contributed by atoms with Crippen LogP contribution in [0.4, 0.5) is 0 Å². The topological polar surface area (TPSA) is 35.6 Å². The summed E-state index contributed by atoms with van der Waals surface area (Å²) in [5, 5.41) is 3.33. The first-order chi connectivity index (χ1) is 8.49. The molecule has 18 heavy (non-hydrogen) atoms. The number of piperidine rings is 1. The molecule has 2 saturated heterocycles. The highest BCUT2D eigenvalue weighted by Crippen LogP contribution is 2.30. The van der Waals surface area contributed by atoms with Gasteiger partial charge in [0.05, 0.1) is 6.04 Å². The monoisotopic (exact) mass is 253 g/mol. The lowest BCUT2D eigenvalue weighted by Gasteiger charge is -2.40. The normalized spacial score (nSPS) is 26.9. The van der Waals surface area contributed by atoms with Crippen LogP contribution in [0.1, 0.15) is 33.6 Å². The largest absolute Gasteiger partial charge is 0.341 e. The molecule has 4 heteroatoms. The van der Waals surface area contributed by atoms with E-state index < -0.39 is 0 Å². The Hall–Kier alpha value is -0.610. The molecule has 0 radical (unpaired) electrons. The molecular weight excluding hydrogens is 226 g/mol. The molecule has 1 amide bonds. The Morgan fingerprint density at radius 2 is 1.67 bits per heavy atom. The van der Waals surface area contributed by atoms with E-state index in [1.54, 1.807) is 0 Å². The first-order valence-corrected chi connectivity index (χ1v) is 7.23. The zero-order valence-electron chi connectivity index (χ0n) is 12.0. The van der Waals surface area contributed by atoms with Gasteiger partial charge >= 0.3 is 0 Å². The summed E-state index contributed by atoms with van der Waals surface area (Å²) >= 11 is 0. The Balaban J connectivity index is 1.87. The number of amides is 1. The molecule has 0 aromatic rings. The van der Waals surface area contributed by atoms with Gasteiger partial charge < -0.3 is 10.2 Å². The van der Waals surface area contributed by atoms with E-state index in [0.29, 0.717) is 11.3 Å². The molecule has 2 aliphatic rings. The van der Waals surface area contributed by atoms with Crippen molar-refractivity contribution in [2.24, 2.45) is 5.41 Å². The fourth-order valence-corrected chi connectivity index (χ4v) is 2.82. The predicted octanol–water partition coefficient (Wildman–Crippen LogP) is 0.929. The van der Waals surface area contributed by atoms with Gasteiger partial charge in [0.15, 0.2) is 0 Å². The lowest BCUT2D eigenvalue weighted by Crippen LogP contribution is -2.54. The van der Waals surface area contributed by atoms with Crippen molar-refractivity contribution >= 4 is 5.91 Å². The number of hydrogen-bond acceptors (Lipinski definition) is 3. The second kappa shape index (κ2) is 5.57. The van der Waals surface area contributed by atoms with Gasteiger partial charge in [-0.3, -0.25) is 9.69 Å². The maximum absolute atomic E-state index is 12.5. The van der Waals surface area contributed by atoms with E-state index in [1.165, 1.54) is 0 Å². The van der Waals surface area contributed by atoms with Crippen LogP contribution in [0.5, 0.6) is 0 Å². The summed E-state index contributed by atoms with van der Waals surface area (Å²) in [7, 11) is 0. The molecule has 4 nitrogen and oxygen atoms in total.